The number of aliphatic carboxylic acids is 1. The van der Waals surface area contributed by atoms with Crippen molar-refractivity contribution in [3.05, 3.63) is 29.6 Å². The van der Waals surface area contributed by atoms with Gasteiger partial charge in [-0.15, -0.1) is 0 Å². The fourth-order valence-corrected chi connectivity index (χ4v) is 1.75. The number of halogens is 2. The van der Waals surface area contributed by atoms with E-state index in [-0.39, 0.29) is 29.8 Å². The predicted octanol–water partition coefficient (Wildman–Crippen LogP) is 1.28. The molecule has 0 bridgehead atoms. The zero-order chi connectivity index (χ0) is 13.3. The van der Waals surface area contributed by atoms with E-state index in [9.17, 15) is 13.6 Å². The van der Waals surface area contributed by atoms with E-state index in [1.54, 1.807) is 0 Å². The van der Waals surface area contributed by atoms with Gasteiger partial charge in [0.25, 0.3) is 0 Å². The maximum Gasteiger partial charge on any atom is 0.305 e. The highest BCUT2D eigenvalue weighted by Crippen LogP contribution is 2.20. The summed E-state index contributed by atoms with van der Waals surface area (Å²) in [5.41, 5.74) is 0.447. The molecule has 2 N–H and O–H groups in total. The van der Waals surface area contributed by atoms with Crippen LogP contribution in [0.25, 0.3) is 11.0 Å². The van der Waals surface area contributed by atoms with Gasteiger partial charge in [0.15, 0.2) is 11.6 Å². The van der Waals surface area contributed by atoms with Crippen molar-refractivity contribution in [2.24, 2.45) is 0 Å². The second-order valence-electron chi connectivity index (χ2n) is 3.74. The van der Waals surface area contributed by atoms with Gasteiger partial charge in [-0.2, -0.15) is 0 Å². The minimum atomic E-state index is -1.04. The molecule has 0 amide bonds. The Morgan fingerprint density at radius 2 is 2.00 bits per heavy atom. The van der Waals surface area contributed by atoms with Crippen molar-refractivity contribution in [3.8, 4) is 0 Å². The number of fused-ring (bicyclic) bond motifs is 1. The first kappa shape index (κ1) is 12.4. The van der Waals surface area contributed by atoms with Crippen LogP contribution < -0.4 is 0 Å². The summed E-state index contributed by atoms with van der Waals surface area (Å²) in [5.74, 6) is -2.92. The number of aliphatic hydroxyl groups excluding tert-OH is 1. The van der Waals surface area contributed by atoms with Crippen molar-refractivity contribution in [3.63, 3.8) is 0 Å². The van der Waals surface area contributed by atoms with Crippen molar-refractivity contribution in [1.29, 1.82) is 0 Å². The summed E-state index contributed by atoms with van der Waals surface area (Å²) < 4.78 is 27.5. The van der Waals surface area contributed by atoms with E-state index in [1.807, 2.05) is 0 Å². The molecule has 0 aliphatic heterocycles. The number of hydrogen-bond donors (Lipinski definition) is 2. The Morgan fingerprint density at radius 3 is 2.61 bits per heavy atom. The molecule has 5 nitrogen and oxygen atoms in total. The number of carboxylic acid groups (broad SMARTS) is 1. The quantitative estimate of drug-likeness (QED) is 0.864. The first-order valence-corrected chi connectivity index (χ1v) is 5.19. The summed E-state index contributed by atoms with van der Waals surface area (Å²) in [6.07, 6.45) is -0.197. The molecule has 7 heteroatoms. The molecule has 0 saturated carbocycles. The molecule has 96 valence electrons. The largest absolute Gasteiger partial charge is 0.481 e. The molecule has 18 heavy (non-hydrogen) atoms. The summed E-state index contributed by atoms with van der Waals surface area (Å²) in [7, 11) is 0. The average molecular weight is 256 g/mol. The highest BCUT2D eigenvalue weighted by atomic mass is 19.2. The van der Waals surface area contributed by atoms with Gasteiger partial charge in [0.05, 0.1) is 17.5 Å². The molecule has 2 aromatic rings. The van der Waals surface area contributed by atoms with Crippen molar-refractivity contribution < 1.29 is 23.8 Å². The van der Waals surface area contributed by atoms with Crippen molar-refractivity contribution in [2.45, 2.75) is 19.6 Å². The second kappa shape index (κ2) is 4.69. The number of carbonyl (C=O) groups is 1. The number of imidazole rings is 1. The highest BCUT2D eigenvalue weighted by Gasteiger charge is 2.14. The molecule has 0 saturated heterocycles. The molecule has 0 fully saturated rings. The van der Waals surface area contributed by atoms with Crippen LogP contribution >= 0.6 is 0 Å². The minimum absolute atomic E-state index is 0.0345. The van der Waals surface area contributed by atoms with Crippen LogP contribution in [0.15, 0.2) is 12.1 Å². The predicted molar refractivity (Wildman–Crippen MR) is 57.8 cm³/mol. The van der Waals surface area contributed by atoms with E-state index >= 15 is 0 Å². The summed E-state index contributed by atoms with van der Waals surface area (Å²) in [5, 5.41) is 17.7. The summed E-state index contributed by atoms with van der Waals surface area (Å²) in [6, 6.07) is 1.86. The molecule has 1 aromatic carbocycles. The van der Waals surface area contributed by atoms with Gasteiger partial charge in [0.1, 0.15) is 12.4 Å². The average Bonchev–Trinajstić information content (AvgIpc) is 2.64. The van der Waals surface area contributed by atoms with Crippen LogP contribution in [0.5, 0.6) is 0 Å². The molecule has 1 aromatic heterocycles. The topological polar surface area (TPSA) is 75.3 Å². The second-order valence-corrected chi connectivity index (χ2v) is 3.74. The molecular weight excluding hydrogens is 246 g/mol. The third kappa shape index (κ3) is 2.17. The van der Waals surface area contributed by atoms with Crippen LogP contribution in [0.3, 0.4) is 0 Å². The number of aromatic nitrogens is 2. The van der Waals surface area contributed by atoms with Crippen molar-refractivity contribution >= 4 is 17.0 Å². The molecule has 1 heterocycles. The van der Waals surface area contributed by atoms with Gasteiger partial charge in [-0.05, 0) is 0 Å². The molecule has 2 rings (SSSR count). The number of benzene rings is 1. The molecule has 0 atom stereocenters. The van der Waals surface area contributed by atoms with E-state index in [2.05, 4.69) is 4.98 Å². The maximum atomic E-state index is 13.1. The summed E-state index contributed by atoms with van der Waals surface area (Å²) in [6.45, 7) is -0.398. The van der Waals surface area contributed by atoms with Gasteiger partial charge in [-0.1, -0.05) is 0 Å². The monoisotopic (exact) mass is 256 g/mol. The van der Waals surface area contributed by atoms with Crippen LogP contribution in [0, 0.1) is 11.6 Å². The summed E-state index contributed by atoms with van der Waals surface area (Å²) in [4.78, 5) is 14.4. The Bertz CT molecular complexity index is 610. The number of rotatable bonds is 4. The Morgan fingerprint density at radius 1 is 1.33 bits per heavy atom. The fraction of sp³-hybridized carbons (Fsp3) is 0.273. The lowest BCUT2D eigenvalue weighted by atomic mass is 10.3. The van der Waals surface area contributed by atoms with E-state index in [0.29, 0.717) is 0 Å². The number of carboxylic acids is 1. The molecule has 0 aliphatic rings. The smallest absolute Gasteiger partial charge is 0.305 e. The number of aryl methyl sites for hydroxylation is 1. The number of aliphatic hydroxyl groups is 1. The molecule has 0 spiro atoms. The third-order valence-electron chi connectivity index (χ3n) is 2.56. The third-order valence-corrected chi connectivity index (χ3v) is 2.56. The first-order valence-electron chi connectivity index (χ1n) is 5.19. The van der Waals surface area contributed by atoms with Crippen LogP contribution in [0.4, 0.5) is 8.78 Å². The Hall–Kier alpha value is -2.02. The lowest BCUT2D eigenvalue weighted by Crippen LogP contribution is -2.08. The molecule has 0 radical (unpaired) electrons. The molecule has 0 unspecified atom stereocenters. The normalized spacial score (nSPS) is 11.1. The van der Waals surface area contributed by atoms with Gasteiger partial charge in [-0.25, -0.2) is 13.8 Å². The SMILES string of the molecule is O=C(O)CCn1c(CO)nc2cc(F)c(F)cc21. The molecular formula is C11H10F2N2O3. The lowest BCUT2D eigenvalue weighted by Gasteiger charge is -2.05. The van der Waals surface area contributed by atoms with Gasteiger partial charge < -0.3 is 14.8 Å². The maximum absolute atomic E-state index is 13.1. The van der Waals surface area contributed by atoms with Crippen LogP contribution in [0.2, 0.25) is 0 Å². The Kier molecular flexibility index (Phi) is 3.24. The van der Waals surface area contributed by atoms with Crippen LogP contribution in [-0.2, 0) is 17.9 Å². The zero-order valence-corrected chi connectivity index (χ0v) is 9.23. The minimum Gasteiger partial charge on any atom is -0.481 e. The van der Waals surface area contributed by atoms with Crippen molar-refractivity contribution in [1.82, 2.24) is 9.55 Å². The van der Waals surface area contributed by atoms with Crippen molar-refractivity contribution in [2.75, 3.05) is 0 Å². The van der Waals surface area contributed by atoms with Gasteiger partial charge in [0.2, 0.25) is 0 Å². The lowest BCUT2D eigenvalue weighted by molar-refractivity contribution is -0.137. The van der Waals surface area contributed by atoms with Crippen LogP contribution in [-0.4, -0.2) is 25.7 Å². The van der Waals surface area contributed by atoms with E-state index in [1.165, 1.54) is 4.57 Å². The summed E-state index contributed by atoms with van der Waals surface area (Å²) >= 11 is 0. The van der Waals surface area contributed by atoms with E-state index in [4.69, 9.17) is 10.2 Å². The van der Waals surface area contributed by atoms with Gasteiger partial charge in [0, 0.05) is 18.7 Å². The molecule has 0 aliphatic carbocycles. The number of nitrogens with zero attached hydrogens (tertiary/aromatic N) is 2. The van der Waals surface area contributed by atoms with E-state index in [0.717, 1.165) is 12.1 Å². The highest BCUT2D eigenvalue weighted by molar-refractivity contribution is 5.76. The first-order chi connectivity index (χ1) is 8.52. The zero-order valence-electron chi connectivity index (χ0n) is 9.23. The van der Waals surface area contributed by atoms with Crippen LogP contribution in [0.1, 0.15) is 12.2 Å². The number of hydrogen-bond acceptors (Lipinski definition) is 3. The standard InChI is InChI=1S/C11H10F2N2O3/c12-6-3-8-9(4-7(6)13)15(2-1-11(17)18)10(5-16)14-8/h3-4,16H,1-2,5H2,(H,17,18). The van der Waals surface area contributed by atoms with Gasteiger partial charge >= 0.3 is 5.97 Å². The fourth-order valence-electron chi connectivity index (χ4n) is 1.75. The van der Waals surface area contributed by atoms with Gasteiger partial charge in [-0.3, -0.25) is 4.79 Å². The Labute approximate surface area is 100 Å². The Balaban J connectivity index is 2.53. The van der Waals surface area contributed by atoms with E-state index < -0.39 is 24.2 Å².